The highest BCUT2D eigenvalue weighted by atomic mass is 32.2. The number of nitrogens with one attached hydrogen (secondary N) is 1. The third-order valence-electron chi connectivity index (χ3n) is 5.45. The Kier molecular flexibility index (Phi) is 6.44. The van der Waals surface area contributed by atoms with Crippen LogP contribution in [0.15, 0.2) is 47.4 Å². The van der Waals surface area contributed by atoms with E-state index >= 15 is 0 Å². The summed E-state index contributed by atoms with van der Waals surface area (Å²) in [6, 6.07) is 12.4. The molecule has 1 N–H and O–H groups in total. The van der Waals surface area contributed by atoms with Crippen molar-refractivity contribution in [3.8, 4) is 0 Å². The SMILES string of the molecule is Cc1ccc(NCC(=O)c2cccc(S(=O)(=O)N3CC(C)CC(C)C3)c2)c(C)c1. The number of rotatable bonds is 6. The summed E-state index contributed by atoms with van der Waals surface area (Å²) < 4.78 is 27.8. The minimum atomic E-state index is -3.60. The Morgan fingerprint density at radius 2 is 1.76 bits per heavy atom. The van der Waals surface area contributed by atoms with Crippen LogP contribution in [0.1, 0.15) is 41.8 Å². The Hall–Kier alpha value is -2.18. The topological polar surface area (TPSA) is 66.5 Å². The van der Waals surface area contributed by atoms with Gasteiger partial charge >= 0.3 is 0 Å². The van der Waals surface area contributed by atoms with Crippen LogP contribution in [0, 0.1) is 25.7 Å². The summed E-state index contributed by atoms with van der Waals surface area (Å²) in [6.45, 7) is 9.35. The molecule has 1 aliphatic heterocycles. The molecule has 0 amide bonds. The van der Waals surface area contributed by atoms with E-state index in [2.05, 4.69) is 25.2 Å². The number of benzene rings is 2. The van der Waals surface area contributed by atoms with Crippen LogP contribution < -0.4 is 5.32 Å². The van der Waals surface area contributed by atoms with E-state index in [1.807, 2.05) is 26.0 Å². The van der Waals surface area contributed by atoms with E-state index in [1.165, 1.54) is 11.6 Å². The molecule has 1 aliphatic rings. The lowest BCUT2D eigenvalue weighted by molar-refractivity contribution is 0.101. The first-order valence-electron chi connectivity index (χ1n) is 10.1. The quantitative estimate of drug-likeness (QED) is 0.717. The molecule has 0 spiro atoms. The normalized spacial score (nSPS) is 20.4. The summed E-state index contributed by atoms with van der Waals surface area (Å²) >= 11 is 0. The third kappa shape index (κ3) is 5.06. The lowest BCUT2D eigenvalue weighted by Crippen LogP contribution is -2.42. The smallest absolute Gasteiger partial charge is 0.243 e. The number of Topliss-reactive ketones (excluding diaryl/α,β-unsaturated/α-hetero) is 1. The number of carbonyl (C=O) groups excluding carboxylic acids is 1. The van der Waals surface area contributed by atoms with E-state index < -0.39 is 10.0 Å². The van der Waals surface area contributed by atoms with Gasteiger partial charge in [0.1, 0.15) is 0 Å². The number of piperidine rings is 1. The highest BCUT2D eigenvalue weighted by Gasteiger charge is 2.31. The van der Waals surface area contributed by atoms with Gasteiger partial charge in [0.2, 0.25) is 10.0 Å². The minimum Gasteiger partial charge on any atom is -0.377 e. The minimum absolute atomic E-state index is 0.116. The van der Waals surface area contributed by atoms with Gasteiger partial charge in [0, 0.05) is 24.3 Å². The molecule has 156 valence electrons. The summed E-state index contributed by atoms with van der Waals surface area (Å²) in [7, 11) is -3.60. The van der Waals surface area contributed by atoms with Gasteiger partial charge in [0.15, 0.2) is 5.78 Å². The molecule has 3 rings (SSSR count). The average Bonchev–Trinajstić information content (AvgIpc) is 2.66. The monoisotopic (exact) mass is 414 g/mol. The number of carbonyl (C=O) groups is 1. The average molecular weight is 415 g/mol. The molecule has 0 saturated carbocycles. The summed E-state index contributed by atoms with van der Waals surface area (Å²) in [5.74, 6) is 0.531. The largest absolute Gasteiger partial charge is 0.377 e. The summed E-state index contributed by atoms with van der Waals surface area (Å²) in [4.78, 5) is 12.9. The lowest BCUT2D eigenvalue weighted by atomic mass is 9.94. The van der Waals surface area contributed by atoms with Crippen LogP contribution in [0.3, 0.4) is 0 Å². The number of ketones is 1. The Morgan fingerprint density at radius 1 is 1.07 bits per heavy atom. The van der Waals surface area contributed by atoms with Gasteiger partial charge in [-0.05, 0) is 55.9 Å². The van der Waals surface area contributed by atoms with Crippen LogP contribution in [0.2, 0.25) is 0 Å². The number of nitrogens with zero attached hydrogens (tertiary/aromatic N) is 1. The molecule has 5 nitrogen and oxygen atoms in total. The number of anilines is 1. The molecule has 2 atom stereocenters. The van der Waals surface area contributed by atoms with Gasteiger partial charge in [0.25, 0.3) is 0 Å². The molecule has 2 unspecified atom stereocenters. The van der Waals surface area contributed by atoms with Gasteiger partial charge < -0.3 is 5.32 Å². The zero-order valence-corrected chi connectivity index (χ0v) is 18.4. The van der Waals surface area contributed by atoms with Gasteiger partial charge in [-0.3, -0.25) is 4.79 Å². The molecule has 0 aromatic heterocycles. The Bertz CT molecular complexity index is 991. The Balaban J connectivity index is 1.75. The second-order valence-electron chi connectivity index (χ2n) is 8.39. The molecule has 1 saturated heterocycles. The molecule has 0 radical (unpaired) electrons. The molecule has 0 bridgehead atoms. The van der Waals surface area contributed by atoms with E-state index in [0.29, 0.717) is 30.5 Å². The van der Waals surface area contributed by atoms with E-state index in [-0.39, 0.29) is 17.2 Å². The number of hydrogen-bond acceptors (Lipinski definition) is 4. The second kappa shape index (κ2) is 8.67. The number of hydrogen-bond donors (Lipinski definition) is 1. The summed E-state index contributed by atoms with van der Waals surface area (Å²) in [5, 5.41) is 3.16. The lowest BCUT2D eigenvalue weighted by Gasteiger charge is -2.34. The summed E-state index contributed by atoms with van der Waals surface area (Å²) in [5.41, 5.74) is 3.55. The highest BCUT2D eigenvalue weighted by molar-refractivity contribution is 7.89. The highest BCUT2D eigenvalue weighted by Crippen LogP contribution is 2.27. The Morgan fingerprint density at radius 3 is 2.41 bits per heavy atom. The molecule has 1 fully saturated rings. The van der Waals surface area contributed by atoms with Gasteiger partial charge in [-0.1, -0.05) is 43.7 Å². The van der Waals surface area contributed by atoms with Gasteiger partial charge in [0.05, 0.1) is 11.4 Å². The second-order valence-corrected chi connectivity index (χ2v) is 10.3. The molecular formula is C23H30N2O3S. The van der Waals surface area contributed by atoms with E-state index in [0.717, 1.165) is 17.7 Å². The van der Waals surface area contributed by atoms with E-state index in [9.17, 15) is 13.2 Å². The maximum Gasteiger partial charge on any atom is 0.243 e. The van der Waals surface area contributed by atoms with Crippen LogP contribution in [0.25, 0.3) is 0 Å². The first-order valence-corrected chi connectivity index (χ1v) is 11.6. The van der Waals surface area contributed by atoms with Crippen LogP contribution in [-0.4, -0.2) is 38.1 Å². The fourth-order valence-corrected chi connectivity index (χ4v) is 5.80. The standard InChI is InChI=1S/C23H30N2O3S/c1-16-8-9-22(19(4)11-16)24-13-23(26)20-6-5-7-21(12-20)29(27,28)25-14-17(2)10-18(3)15-25/h5-9,11-12,17-18,24H,10,13-15H2,1-4H3. The molecule has 0 aliphatic carbocycles. The molecule has 1 heterocycles. The first-order chi connectivity index (χ1) is 13.7. The van der Waals surface area contributed by atoms with Crippen molar-refractivity contribution in [2.75, 3.05) is 25.0 Å². The van der Waals surface area contributed by atoms with Crippen molar-refractivity contribution in [3.63, 3.8) is 0 Å². The van der Waals surface area contributed by atoms with Crippen LogP contribution >= 0.6 is 0 Å². The first kappa shape index (κ1) is 21.5. The molecule has 2 aromatic carbocycles. The molecular weight excluding hydrogens is 384 g/mol. The zero-order chi connectivity index (χ0) is 21.2. The molecule has 2 aromatic rings. The predicted molar refractivity (Wildman–Crippen MR) is 117 cm³/mol. The van der Waals surface area contributed by atoms with Crippen LogP contribution in [0.5, 0.6) is 0 Å². The van der Waals surface area contributed by atoms with Crippen molar-refractivity contribution < 1.29 is 13.2 Å². The molecule has 29 heavy (non-hydrogen) atoms. The number of aryl methyl sites for hydroxylation is 2. The fourth-order valence-electron chi connectivity index (χ4n) is 4.07. The maximum absolute atomic E-state index is 13.1. The zero-order valence-electron chi connectivity index (χ0n) is 17.6. The van der Waals surface area contributed by atoms with Gasteiger partial charge in [-0.2, -0.15) is 4.31 Å². The van der Waals surface area contributed by atoms with Crippen molar-refractivity contribution in [1.29, 1.82) is 0 Å². The van der Waals surface area contributed by atoms with Crippen LogP contribution in [0.4, 0.5) is 5.69 Å². The van der Waals surface area contributed by atoms with Crippen molar-refractivity contribution >= 4 is 21.5 Å². The van der Waals surface area contributed by atoms with E-state index in [1.54, 1.807) is 22.5 Å². The third-order valence-corrected chi connectivity index (χ3v) is 7.28. The van der Waals surface area contributed by atoms with Crippen molar-refractivity contribution in [2.24, 2.45) is 11.8 Å². The van der Waals surface area contributed by atoms with E-state index in [4.69, 9.17) is 0 Å². The Labute approximate surface area is 174 Å². The summed E-state index contributed by atoms with van der Waals surface area (Å²) in [6.07, 6.45) is 1.04. The molecule has 6 heteroatoms. The van der Waals surface area contributed by atoms with Crippen molar-refractivity contribution in [1.82, 2.24) is 4.31 Å². The predicted octanol–water partition coefficient (Wildman–Crippen LogP) is 4.26. The van der Waals surface area contributed by atoms with Crippen LogP contribution in [-0.2, 0) is 10.0 Å². The maximum atomic E-state index is 13.1. The number of sulfonamides is 1. The van der Waals surface area contributed by atoms with Gasteiger partial charge in [-0.15, -0.1) is 0 Å². The van der Waals surface area contributed by atoms with Crippen molar-refractivity contribution in [3.05, 3.63) is 59.2 Å². The fraction of sp³-hybridized carbons (Fsp3) is 0.435. The van der Waals surface area contributed by atoms with Crippen molar-refractivity contribution in [2.45, 2.75) is 39.0 Å². The van der Waals surface area contributed by atoms with Gasteiger partial charge in [-0.25, -0.2) is 8.42 Å².